The number of aromatic nitrogens is 2. The molecule has 5 heteroatoms. The van der Waals surface area contributed by atoms with Crippen molar-refractivity contribution in [2.45, 2.75) is 13.0 Å². The van der Waals surface area contributed by atoms with Gasteiger partial charge in [-0.2, -0.15) is 5.10 Å². The number of hydrogen-bond donors (Lipinski definition) is 1. The minimum Gasteiger partial charge on any atom is -0.341 e. The van der Waals surface area contributed by atoms with E-state index in [1.165, 1.54) is 0 Å². The van der Waals surface area contributed by atoms with Gasteiger partial charge in [-0.05, 0) is 0 Å². The summed E-state index contributed by atoms with van der Waals surface area (Å²) in [5.74, 6) is 0.422. The molecule has 0 aromatic carbocycles. The van der Waals surface area contributed by atoms with Crippen LogP contribution < -0.4 is 0 Å². The van der Waals surface area contributed by atoms with Crippen molar-refractivity contribution in [2.75, 3.05) is 12.9 Å². The van der Waals surface area contributed by atoms with E-state index in [1.807, 2.05) is 0 Å². The summed E-state index contributed by atoms with van der Waals surface area (Å²) in [5, 5.41) is 6.48. The number of alkyl halides is 1. The molecule has 72 valence electrons. The molecule has 0 saturated carbocycles. The Kier molecular flexibility index (Phi) is 3.76. The Hall–Kier alpha value is -1.03. The molecule has 0 spiro atoms. The van der Waals surface area contributed by atoms with Crippen LogP contribution in [0.4, 0.5) is 0 Å². The van der Waals surface area contributed by atoms with Crippen molar-refractivity contribution in [2.24, 2.45) is 0 Å². The topological polar surface area (TPSA) is 49.0 Å². The third-order valence-corrected chi connectivity index (χ3v) is 1.90. The maximum absolute atomic E-state index is 11.3. The number of rotatable bonds is 4. The van der Waals surface area contributed by atoms with Gasteiger partial charge in [-0.3, -0.25) is 9.89 Å². The van der Waals surface area contributed by atoms with Crippen molar-refractivity contribution in [1.29, 1.82) is 0 Å². The quantitative estimate of drug-likeness (QED) is 0.739. The summed E-state index contributed by atoms with van der Waals surface area (Å²) in [5.41, 5.74) is 0.991. The van der Waals surface area contributed by atoms with E-state index >= 15 is 0 Å². The molecule has 1 aromatic rings. The molecule has 0 saturated heterocycles. The summed E-state index contributed by atoms with van der Waals surface area (Å²) in [6, 6.07) is 0. The van der Waals surface area contributed by atoms with E-state index in [0.29, 0.717) is 18.8 Å². The Morgan fingerprint density at radius 3 is 3.08 bits per heavy atom. The van der Waals surface area contributed by atoms with Crippen molar-refractivity contribution in [1.82, 2.24) is 15.1 Å². The van der Waals surface area contributed by atoms with Crippen molar-refractivity contribution in [3.8, 4) is 0 Å². The summed E-state index contributed by atoms with van der Waals surface area (Å²) in [6.45, 7) is 0.576. The lowest BCUT2D eigenvalue weighted by Crippen LogP contribution is -2.25. The molecule has 1 rings (SSSR count). The number of nitrogens with one attached hydrogen (secondary N) is 1. The molecule has 1 N–H and O–H groups in total. The number of halogens is 1. The van der Waals surface area contributed by atoms with Gasteiger partial charge in [-0.1, -0.05) is 0 Å². The highest BCUT2D eigenvalue weighted by atomic mass is 35.5. The van der Waals surface area contributed by atoms with Gasteiger partial charge in [0.05, 0.1) is 6.20 Å². The van der Waals surface area contributed by atoms with Crippen molar-refractivity contribution in [3.05, 3.63) is 18.0 Å². The molecule has 4 nitrogen and oxygen atoms in total. The number of amides is 1. The molecule has 0 unspecified atom stereocenters. The number of H-pyrrole nitrogens is 1. The molecule has 0 bridgehead atoms. The van der Waals surface area contributed by atoms with Gasteiger partial charge < -0.3 is 4.90 Å². The molecule has 0 aliphatic rings. The van der Waals surface area contributed by atoms with Crippen molar-refractivity contribution >= 4 is 17.5 Å². The first-order valence-corrected chi connectivity index (χ1v) is 4.55. The lowest BCUT2D eigenvalue weighted by atomic mass is 10.3. The Labute approximate surface area is 81.9 Å². The van der Waals surface area contributed by atoms with Crippen LogP contribution in [-0.2, 0) is 11.3 Å². The van der Waals surface area contributed by atoms with E-state index in [1.54, 1.807) is 24.3 Å². The lowest BCUT2D eigenvalue weighted by molar-refractivity contribution is -0.129. The molecule has 0 fully saturated rings. The Balaban J connectivity index is 2.41. The number of carbonyl (C=O) groups excluding carboxylic acids is 1. The second kappa shape index (κ2) is 4.87. The zero-order valence-corrected chi connectivity index (χ0v) is 8.21. The highest BCUT2D eigenvalue weighted by Gasteiger charge is 2.08. The van der Waals surface area contributed by atoms with Crippen molar-refractivity contribution < 1.29 is 4.79 Å². The van der Waals surface area contributed by atoms with Gasteiger partial charge in [0.25, 0.3) is 0 Å². The zero-order chi connectivity index (χ0) is 9.68. The third kappa shape index (κ3) is 3.06. The SMILES string of the molecule is CN(Cc1cn[nH]c1)C(=O)CCCl. The molecule has 0 aliphatic heterocycles. The molecule has 0 aliphatic carbocycles. The molecular formula is C8H12ClN3O. The van der Waals surface area contributed by atoms with Crippen LogP contribution in [0.25, 0.3) is 0 Å². The van der Waals surface area contributed by atoms with Crippen LogP contribution in [0, 0.1) is 0 Å². The standard InChI is InChI=1S/C8H12ClN3O/c1-12(8(13)2-3-9)6-7-4-10-11-5-7/h4-5H,2-3,6H2,1H3,(H,10,11). The average Bonchev–Trinajstić information content (AvgIpc) is 2.57. The van der Waals surface area contributed by atoms with Crippen LogP contribution in [0.3, 0.4) is 0 Å². The fourth-order valence-corrected chi connectivity index (χ4v) is 1.16. The summed E-state index contributed by atoms with van der Waals surface area (Å²) in [6.07, 6.45) is 3.85. The Morgan fingerprint density at radius 2 is 2.54 bits per heavy atom. The normalized spacial score (nSPS) is 10.0. The second-order valence-corrected chi connectivity index (χ2v) is 3.17. The lowest BCUT2D eigenvalue weighted by Gasteiger charge is -2.14. The van der Waals surface area contributed by atoms with Crippen LogP contribution in [0.15, 0.2) is 12.4 Å². The van der Waals surface area contributed by atoms with Crippen LogP contribution in [0.1, 0.15) is 12.0 Å². The maximum atomic E-state index is 11.3. The van der Waals surface area contributed by atoms with Gasteiger partial charge in [0.1, 0.15) is 0 Å². The first-order valence-electron chi connectivity index (χ1n) is 4.01. The van der Waals surface area contributed by atoms with E-state index in [-0.39, 0.29) is 5.91 Å². The summed E-state index contributed by atoms with van der Waals surface area (Å²) < 4.78 is 0. The molecule has 1 amide bonds. The first-order chi connectivity index (χ1) is 6.24. The van der Waals surface area contributed by atoms with E-state index in [9.17, 15) is 4.79 Å². The minimum atomic E-state index is 0.0520. The highest BCUT2D eigenvalue weighted by molar-refractivity contribution is 6.18. The number of hydrogen-bond acceptors (Lipinski definition) is 2. The zero-order valence-electron chi connectivity index (χ0n) is 7.46. The van der Waals surface area contributed by atoms with Gasteiger partial charge in [-0.25, -0.2) is 0 Å². The number of carbonyl (C=O) groups is 1. The van der Waals surface area contributed by atoms with E-state index in [2.05, 4.69) is 10.2 Å². The summed E-state index contributed by atoms with van der Waals surface area (Å²) >= 11 is 5.46. The number of aromatic amines is 1. The van der Waals surface area contributed by atoms with E-state index in [4.69, 9.17) is 11.6 Å². The Morgan fingerprint density at radius 1 is 1.77 bits per heavy atom. The molecule has 0 atom stereocenters. The van der Waals surface area contributed by atoms with Crippen LogP contribution in [0.5, 0.6) is 0 Å². The number of nitrogens with zero attached hydrogens (tertiary/aromatic N) is 2. The summed E-state index contributed by atoms with van der Waals surface area (Å²) in [7, 11) is 1.75. The van der Waals surface area contributed by atoms with Gasteiger partial charge in [0, 0.05) is 37.7 Å². The van der Waals surface area contributed by atoms with Gasteiger partial charge in [0.15, 0.2) is 0 Å². The average molecular weight is 202 g/mol. The van der Waals surface area contributed by atoms with E-state index < -0.39 is 0 Å². The largest absolute Gasteiger partial charge is 0.341 e. The van der Waals surface area contributed by atoms with Crippen LogP contribution in [-0.4, -0.2) is 33.9 Å². The Bertz CT molecular complexity index is 260. The predicted octanol–water partition coefficient (Wildman–Crippen LogP) is 0.997. The maximum Gasteiger partial charge on any atom is 0.223 e. The third-order valence-electron chi connectivity index (χ3n) is 1.71. The monoisotopic (exact) mass is 201 g/mol. The second-order valence-electron chi connectivity index (χ2n) is 2.80. The molecule has 13 heavy (non-hydrogen) atoms. The van der Waals surface area contributed by atoms with Gasteiger partial charge in [-0.15, -0.1) is 11.6 Å². The van der Waals surface area contributed by atoms with Crippen molar-refractivity contribution in [3.63, 3.8) is 0 Å². The fraction of sp³-hybridized carbons (Fsp3) is 0.500. The molecule has 1 heterocycles. The minimum absolute atomic E-state index is 0.0520. The molecular weight excluding hydrogens is 190 g/mol. The van der Waals surface area contributed by atoms with E-state index in [0.717, 1.165) is 5.56 Å². The highest BCUT2D eigenvalue weighted by Crippen LogP contribution is 2.01. The molecule has 0 radical (unpaired) electrons. The van der Waals surface area contributed by atoms with Gasteiger partial charge >= 0.3 is 0 Å². The van der Waals surface area contributed by atoms with Crippen LogP contribution >= 0.6 is 11.6 Å². The molecule has 1 aromatic heterocycles. The van der Waals surface area contributed by atoms with Crippen LogP contribution in [0.2, 0.25) is 0 Å². The fourth-order valence-electron chi connectivity index (χ4n) is 0.998. The summed E-state index contributed by atoms with van der Waals surface area (Å²) in [4.78, 5) is 12.9. The predicted molar refractivity (Wildman–Crippen MR) is 50.4 cm³/mol. The smallest absolute Gasteiger partial charge is 0.223 e. The van der Waals surface area contributed by atoms with Gasteiger partial charge in [0.2, 0.25) is 5.91 Å². The first kappa shape index (κ1) is 10.1.